The number of nitrogens with zero attached hydrogens (tertiary/aromatic N) is 2. The molecule has 0 aliphatic rings. The second-order valence-corrected chi connectivity index (χ2v) is 19.2. The number of carbonyl (C=O) groups excluding carboxylic acids is 4. The van der Waals surface area contributed by atoms with Crippen molar-refractivity contribution in [1.82, 2.24) is 23.5 Å². The number of likely N-dealkylation sites (N-methyl/N-ethyl adjacent to an activating group) is 2. The molecular weight excluding hydrogens is 897 g/mol. The molecule has 0 saturated heterocycles. The number of hydrogen-bond donors (Lipinski definition) is 6. The minimum atomic E-state index is -3.59. The van der Waals surface area contributed by atoms with E-state index in [1.165, 1.54) is 82.4 Å². The number of aliphatic carboxylic acids is 1. The van der Waals surface area contributed by atoms with Crippen molar-refractivity contribution in [2.75, 3.05) is 58.9 Å². The van der Waals surface area contributed by atoms with Crippen molar-refractivity contribution in [1.29, 1.82) is 0 Å². The molecule has 28 heteroatoms. The largest absolute Gasteiger partial charge is 0.480 e. The van der Waals surface area contributed by atoms with Gasteiger partial charge in [-0.25, -0.2) is 48.6 Å². The summed E-state index contributed by atoms with van der Waals surface area (Å²) in [6, 6.07) is -4.25. The predicted molar refractivity (Wildman–Crippen MR) is 223 cm³/mol. The first-order chi connectivity index (χ1) is 27.7. The molecule has 0 saturated carbocycles. The van der Waals surface area contributed by atoms with Crippen molar-refractivity contribution < 1.29 is 82.2 Å². The molecule has 0 aromatic heterocycles. The summed E-state index contributed by atoms with van der Waals surface area (Å²) in [5.74, 6) is 9.97. The summed E-state index contributed by atoms with van der Waals surface area (Å²) in [5.41, 5.74) is 6.46. The van der Waals surface area contributed by atoms with Gasteiger partial charge in [-0.3, -0.25) is 29.2 Å². The van der Waals surface area contributed by atoms with Crippen molar-refractivity contribution in [3.63, 3.8) is 0 Å². The molecule has 0 aromatic carbocycles. The minimum Gasteiger partial charge on any atom is -0.480 e. The molecule has 24 nitrogen and oxygen atoms in total. The lowest BCUT2D eigenvalue weighted by Crippen LogP contribution is -2.45. The predicted octanol–water partition coefficient (Wildman–Crippen LogP) is -3.00. The number of amides is 1. The van der Waals surface area contributed by atoms with Crippen molar-refractivity contribution in [3.05, 3.63) is 0 Å². The number of carboxylic acid groups (broad SMARTS) is 1. The quantitative estimate of drug-likeness (QED) is 0.0295. The molecule has 1 amide bonds. The average Bonchev–Trinajstić information content (AvgIpc) is 3.18. The van der Waals surface area contributed by atoms with Crippen molar-refractivity contribution in [2.24, 2.45) is 5.73 Å². The smallest absolute Gasteiger partial charge is 0.323 e. The molecule has 5 unspecified atom stereocenters. The lowest BCUT2D eigenvalue weighted by Gasteiger charge is -2.21. The number of methoxy groups -OCH3 is 3. The van der Waals surface area contributed by atoms with Gasteiger partial charge >= 0.3 is 23.9 Å². The number of rotatable bonds is 16. The van der Waals surface area contributed by atoms with E-state index in [4.69, 9.17) is 16.0 Å². The normalized spacial score (nSPS) is 13.1. The third kappa shape index (κ3) is 33.9. The highest BCUT2D eigenvalue weighted by atomic mass is 32.2. The van der Waals surface area contributed by atoms with Gasteiger partial charge in [-0.1, -0.05) is 17.8 Å². The Hall–Kier alpha value is -4.41. The number of ether oxygens (including phenoxy) is 3. The number of nitrogens with two attached hydrogens (primary N) is 1. The van der Waals surface area contributed by atoms with Crippen LogP contribution in [0.3, 0.4) is 0 Å². The van der Waals surface area contributed by atoms with Gasteiger partial charge in [-0.15, -0.1) is 17.8 Å². The number of nitrogens with one attached hydrogen (secondary N) is 3. The van der Waals surface area contributed by atoms with Gasteiger partial charge in [0.15, 0.2) is 0 Å². The Morgan fingerprint density at radius 3 is 1.21 bits per heavy atom. The molecule has 354 valence electrons. The summed E-state index contributed by atoms with van der Waals surface area (Å²) in [4.78, 5) is 53.2. The molecule has 7 N–H and O–H groups in total. The van der Waals surface area contributed by atoms with Crippen LogP contribution in [0, 0.1) is 35.5 Å². The van der Waals surface area contributed by atoms with E-state index in [0.29, 0.717) is 0 Å². The first-order valence-electron chi connectivity index (χ1n) is 16.9. The molecule has 0 heterocycles. The average molecular weight is 957 g/mol. The van der Waals surface area contributed by atoms with Gasteiger partial charge in [-0.2, -0.15) is 8.61 Å². The Balaban J connectivity index is -0.000000218. The van der Waals surface area contributed by atoms with Crippen LogP contribution in [0.15, 0.2) is 0 Å². The van der Waals surface area contributed by atoms with E-state index in [1.54, 1.807) is 13.8 Å². The monoisotopic (exact) mass is 956 g/mol. The number of esters is 3. The van der Waals surface area contributed by atoms with Crippen LogP contribution in [0.5, 0.6) is 0 Å². The first kappa shape index (κ1) is 65.7. The van der Waals surface area contributed by atoms with Gasteiger partial charge in [0.2, 0.25) is 40.1 Å². The van der Waals surface area contributed by atoms with Gasteiger partial charge < -0.3 is 25.1 Å². The number of carboxylic acids is 1. The number of carbonyl (C=O) groups is 5. The van der Waals surface area contributed by atoms with E-state index in [0.717, 1.165) is 14.9 Å². The van der Waals surface area contributed by atoms with Crippen molar-refractivity contribution >= 4 is 69.9 Å². The fraction of sp³-hybridized carbons (Fsp3) is 0.667. The standard InChI is InChI=1S/C8H14N2O4S.2C8H13NO4S.C5H11NO4S.C4H9NO2/c1-4-5-6-15(13,14)10(3)7(2)8(11)9-12;1-4-5-6-14(11,12)9-7(2)8(10)13-3;1-4-5-6-14(12,13)9(3)7(2)8(10)11;1-4(5(7)10-2)6-11(3,8)9;1-3(5)4(6)7-2/h7,12H,6H2,1-3H3,(H,9,11);7,9H,6H2,1-3H3;7H,6H2,1-3H3,(H,10,11);4,6H,1-3H3;3H,5H2,1-2H3. The van der Waals surface area contributed by atoms with Crippen molar-refractivity contribution in [3.8, 4) is 35.5 Å². The van der Waals surface area contributed by atoms with E-state index >= 15 is 0 Å². The molecule has 0 rings (SSSR count). The van der Waals surface area contributed by atoms with Crippen LogP contribution in [-0.4, -0.2) is 172 Å². The molecular formula is C33H60N6O18S4. The van der Waals surface area contributed by atoms with E-state index in [1.807, 2.05) is 0 Å². The molecule has 0 aromatic rings. The highest BCUT2D eigenvalue weighted by Gasteiger charge is 2.28. The Bertz CT molecular complexity index is 2040. The molecule has 0 spiro atoms. The summed E-state index contributed by atoms with van der Waals surface area (Å²) >= 11 is 0. The minimum absolute atomic E-state index is 0.315. The van der Waals surface area contributed by atoms with E-state index < -0.39 is 94.1 Å². The van der Waals surface area contributed by atoms with Crippen LogP contribution in [0.1, 0.15) is 55.4 Å². The van der Waals surface area contributed by atoms with E-state index in [2.05, 4.69) is 59.2 Å². The summed E-state index contributed by atoms with van der Waals surface area (Å²) in [7, 11) is -7.84. The molecule has 0 aliphatic heterocycles. The second-order valence-electron chi connectivity index (χ2n) is 11.6. The van der Waals surface area contributed by atoms with Crippen molar-refractivity contribution in [2.45, 2.75) is 85.6 Å². The topological polar surface area (TPSA) is 359 Å². The van der Waals surface area contributed by atoms with Crippen LogP contribution in [0.2, 0.25) is 0 Å². The molecule has 61 heavy (non-hydrogen) atoms. The van der Waals surface area contributed by atoms with Crippen LogP contribution in [0.4, 0.5) is 0 Å². The van der Waals surface area contributed by atoms with Gasteiger partial charge in [-0.05, 0) is 55.4 Å². The lowest BCUT2D eigenvalue weighted by atomic mass is 10.3. The Morgan fingerprint density at radius 2 is 0.951 bits per heavy atom. The van der Waals surface area contributed by atoms with Gasteiger partial charge in [0, 0.05) is 14.1 Å². The van der Waals surface area contributed by atoms with Gasteiger partial charge in [0.05, 0.1) is 27.6 Å². The maximum absolute atomic E-state index is 11.5. The summed E-state index contributed by atoms with van der Waals surface area (Å²) < 4.78 is 108. The maximum Gasteiger partial charge on any atom is 0.323 e. The van der Waals surface area contributed by atoms with E-state index in [9.17, 15) is 57.6 Å². The van der Waals surface area contributed by atoms with E-state index in [-0.39, 0.29) is 23.2 Å². The molecule has 0 fully saturated rings. The SMILES string of the molecule is CC#CCS(=O)(=O)N(C)C(C)C(=O)NO.CC#CCS(=O)(=O)N(C)C(C)C(=O)O.CC#CCS(=O)(=O)NC(C)C(=O)OC.COC(=O)C(C)N.COC(=O)C(C)NS(C)(=O)=O. The number of hydroxylamine groups is 1. The summed E-state index contributed by atoms with van der Waals surface area (Å²) in [6.07, 6.45) is 0.979. The summed E-state index contributed by atoms with van der Waals surface area (Å²) in [5, 5.41) is 16.9. The van der Waals surface area contributed by atoms with Crippen LogP contribution in [-0.2, 0) is 78.3 Å². The van der Waals surface area contributed by atoms with Crippen LogP contribution < -0.4 is 20.7 Å². The molecule has 0 bridgehead atoms. The molecule has 0 radical (unpaired) electrons. The maximum atomic E-state index is 11.5. The number of sulfonamides is 4. The fourth-order valence-electron chi connectivity index (χ4n) is 2.86. The van der Waals surface area contributed by atoms with Gasteiger partial charge in [0.1, 0.15) is 47.5 Å². The zero-order valence-corrected chi connectivity index (χ0v) is 39.8. The zero-order valence-electron chi connectivity index (χ0n) is 36.5. The Morgan fingerprint density at radius 1 is 0.623 bits per heavy atom. The second kappa shape index (κ2) is 33.2. The highest BCUT2D eigenvalue weighted by Crippen LogP contribution is 2.05. The Labute approximate surface area is 360 Å². The van der Waals surface area contributed by atoms with Gasteiger partial charge in [0.25, 0.3) is 5.91 Å². The van der Waals surface area contributed by atoms with Crippen LogP contribution in [0.25, 0.3) is 0 Å². The molecule has 0 aliphatic carbocycles. The summed E-state index contributed by atoms with van der Waals surface area (Å²) in [6.45, 7) is 11.7. The fourth-order valence-corrected chi connectivity index (χ4v) is 6.86. The highest BCUT2D eigenvalue weighted by molar-refractivity contribution is 7.90. The molecule has 5 atom stereocenters. The first-order valence-corrected chi connectivity index (χ1v) is 23.7. The third-order valence-electron chi connectivity index (χ3n) is 6.55. The Kier molecular flexibility index (Phi) is 35.8. The number of hydrogen-bond acceptors (Lipinski definition) is 18. The third-order valence-corrected chi connectivity index (χ3v) is 12.0. The lowest BCUT2D eigenvalue weighted by molar-refractivity contribution is -0.142. The van der Waals surface area contributed by atoms with Crippen LogP contribution >= 0.6 is 0 Å². The zero-order chi connectivity index (χ0) is 49.5.